The van der Waals surface area contributed by atoms with Gasteiger partial charge in [-0.3, -0.25) is 0 Å². The van der Waals surface area contributed by atoms with E-state index in [9.17, 15) is 0 Å². The van der Waals surface area contributed by atoms with Gasteiger partial charge in [-0.15, -0.1) is 0 Å². The van der Waals surface area contributed by atoms with Gasteiger partial charge in [-0.05, 0) is 30.5 Å². The van der Waals surface area contributed by atoms with Gasteiger partial charge in [0.05, 0.1) is 0 Å². The largest absolute Gasteiger partial charge is 0.461 e. The molecule has 0 atom stereocenters. The van der Waals surface area contributed by atoms with Crippen LogP contribution in [-0.4, -0.2) is 0 Å². The fraction of sp³-hybridized carbons (Fsp3) is 0.286. The molecule has 0 bridgehead atoms. The molecular formula is C14H18O. The first-order chi connectivity index (χ1) is 7.06. The SMILES string of the molecule is C=C/C=C(\C(=C)C(C)C)c1ccc(C)o1. The second-order valence-electron chi connectivity index (χ2n) is 3.91. The molecule has 0 fully saturated rings. The van der Waals surface area contributed by atoms with E-state index in [1.807, 2.05) is 25.1 Å². The lowest BCUT2D eigenvalue weighted by molar-refractivity contribution is 0.520. The van der Waals surface area contributed by atoms with E-state index in [0.29, 0.717) is 5.92 Å². The topological polar surface area (TPSA) is 13.1 Å². The van der Waals surface area contributed by atoms with Crippen molar-refractivity contribution in [3.8, 4) is 0 Å². The van der Waals surface area contributed by atoms with E-state index in [0.717, 1.165) is 22.7 Å². The summed E-state index contributed by atoms with van der Waals surface area (Å²) in [6, 6.07) is 3.93. The summed E-state index contributed by atoms with van der Waals surface area (Å²) >= 11 is 0. The van der Waals surface area contributed by atoms with E-state index in [1.165, 1.54) is 0 Å². The molecule has 15 heavy (non-hydrogen) atoms. The minimum absolute atomic E-state index is 0.404. The van der Waals surface area contributed by atoms with E-state index in [2.05, 4.69) is 27.0 Å². The Morgan fingerprint density at radius 3 is 2.47 bits per heavy atom. The van der Waals surface area contributed by atoms with Crippen molar-refractivity contribution in [1.82, 2.24) is 0 Å². The lowest BCUT2D eigenvalue weighted by Gasteiger charge is -2.11. The molecule has 0 aliphatic heterocycles. The highest BCUT2D eigenvalue weighted by atomic mass is 16.3. The van der Waals surface area contributed by atoms with E-state index >= 15 is 0 Å². The third-order valence-corrected chi connectivity index (χ3v) is 2.33. The van der Waals surface area contributed by atoms with Crippen molar-refractivity contribution in [1.29, 1.82) is 0 Å². The zero-order chi connectivity index (χ0) is 11.4. The van der Waals surface area contributed by atoms with Crippen molar-refractivity contribution in [2.75, 3.05) is 0 Å². The molecule has 1 nitrogen and oxygen atoms in total. The number of rotatable bonds is 4. The fourth-order valence-corrected chi connectivity index (χ4v) is 1.36. The van der Waals surface area contributed by atoms with Crippen molar-refractivity contribution in [2.45, 2.75) is 20.8 Å². The second kappa shape index (κ2) is 4.83. The van der Waals surface area contributed by atoms with Crippen molar-refractivity contribution in [2.24, 2.45) is 5.92 Å². The summed E-state index contributed by atoms with van der Waals surface area (Å²) in [7, 11) is 0. The molecule has 0 aliphatic carbocycles. The fourth-order valence-electron chi connectivity index (χ4n) is 1.36. The molecule has 1 aromatic rings. The van der Waals surface area contributed by atoms with Gasteiger partial charge in [0.25, 0.3) is 0 Å². The van der Waals surface area contributed by atoms with Crippen LogP contribution in [0.25, 0.3) is 5.57 Å². The Kier molecular flexibility index (Phi) is 3.73. The lowest BCUT2D eigenvalue weighted by Crippen LogP contribution is -1.95. The molecule has 0 amide bonds. The summed E-state index contributed by atoms with van der Waals surface area (Å²) < 4.78 is 5.59. The summed E-state index contributed by atoms with van der Waals surface area (Å²) in [5, 5.41) is 0. The molecule has 0 saturated carbocycles. The van der Waals surface area contributed by atoms with Crippen LogP contribution in [-0.2, 0) is 0 Å². The Labute approximate surface area is 91.8 Å². The van der Waals surface area contributed by atoms with Gasteiger partial charge in [0.1, 0.15) is 11.5 Å². The van der Waals surface area contributed by atoms with Crippen LogP contribution >= 0.6 is 0 Å². The van der Waals surface area contributed by atoms with Gasteiger partial charge in [0.15, 0.2) is 0 Å². The molecule has 0 aromatic carbocycles. The molecule has 1 heteroatoms. The summed E-state index contributed by atoms with van der Waals surface area (Å²) in [5.41, 5.74) is 2.11. The first-order valence-electron chi connectivity index (χ1n) is 5.15. The van der Waals surface area contributed by atoms with Crippen LogP contribution in [0.15, 0.2) is 47.4 Å². The maximum absolute atomic E-state index is 5.59. The van der Waals surface area contributed by atoms with Crippen LogP contribution < -0.4 is 0 Å². The first kappa shape index (κ1) is 11.6. The van der Waals surface area contributed by atoms with Crippen LogP contribution in [0.1, 0.15) is 25.4 Å². The van der Waals surface area contributed by atoms with Crippen LogP contribution in [0, 0.1) is 12.8 Å². The zero-order valence-corrected chi connectivity index (χ0v) is 9.71. The third kappa shape index (κ3) is 2.72. The Morgan fingerprint density at radius 1 is 1.40 bits per heavy atom. The minimum Gasteiger partial charge on any atom is -0.461 e. The Morgan fingerprint density at radius 2 is 2.07 bits per heavy atom. The molecule has 1 aromatic heterocycles. The van der Waals surface area contributed by atoms with Crippen LogP contribution in [0.3, 0.4) is 0 Å². The van der Waals surface area contributed by atoms with Crippen LogP contribution in [0.2, 0.25) is 0 Å². The van der Waals surface area contributed by atoms with Crippen molar-refractivity contribution in [3.05, 3.63) is 54.5 Å². The van der Waals surface area contributed by atoms with Gasteiger partial charge >= 0.3 is 0 Å². The van der Waals surface area contributed by atoms with E-state index in [-0.39, 0.29) is 0 Å². The van der Waals surface area contributed by atoms with Gasteiger partial charge in [0, 0.05) is 5.57 Å². The molecule has 80 valence electrons. The number of aryl methyl sites for hydroxylation is 1. The highest BCUT2D eigenvalue weighted by Crippen LogP contribution is 2.28. The lowest BCUT2D eigenvalue weighted by atomic mass is 9.95. The maximum atomic E-state index is 5.59. The van der Waals surface area contributed by atoms with E-state index in [4.69, 9.17) is 4.42 Å². The average Bonchev–Trinajstić information content (AvgIpc) is 2.60. The normalized spacial score (nSPS) is 11.9. The first-order valence-corrected chi connectivity index (χ1v) is 5.15. The second-order valence-corrected chi connectivity index (χ2v) is 3.91. The summed E-state index contributed by atoms with van der Waals surface area (Å²) in [5.74, 6) is 2.18. The Bertz CT molecular complexity index is 391. The maximum Gasteiger partial charge on any atom is 0.134 e. The number of hydrogen-bond donors (Lipinski definition) is 0. The third-order valence-electron chi connectivity index (χ3n) is 2.33. The molecule has 0 N–H and O–H groups in total. The minimum atomic E-state index is 0.404. The molecule has 0 radical (unpaired) electrons. The standard InChI is InChI=1S/C14H18O/c1-6-7-13(12(5)10(2)3)14-9-8-11(4)15-14/h6-10H,1,5H2,2-4H3/b13-7+. The van der Waals surface area contributed by atoms with Gasteiger partial charge in [-0.2, -0.15) is 0 Å². The quantitative estimate of drug-likeness (QED) is 0.661. The summed E-state index contributed by atoms with van der Waals surface area (Å²) in [4.78, 5) is 0. The average molecular weight is 202 g/mol. The smallest absolute Gasteiger partial charge is 0.134 e. The molecule has 1 heterocycles. The monoisotopic (exact) mass is 202 g/mol. The zero-order valence-electron chi connectivity index (χ0n) is 9.71. The van der Waals surface area contributed by atoms with Crippen molar-refractivity contribution >= 4 is 5.57 Å². The molecule has 1 rings (SSSR count). The van der Waals surface area contributed by atoms with Crippen LogP contribution in [0.4, 0.5) is 0 Å². The van der Waals surface area contributed by atoms with Crippen LogP contribution in [0.5, 0.6) is 0 Å². The van der Waals surface area contributed by atoms with Gasteiger partial charge in [-0.25, -0.2) is 0 Å². The Balaban J connectivity index is 3.09. The predicted octanol–water partition coefficient (Wildman–Crippen LogP) is 4.37. The highest BCUT2D eigenvalue weighted by Gasteiger charge is 2.11. The van der Waals surface area contributed by atoms with Crippen molar-refractivity contribution in [3.63, 3.8) is 0 Å². The summed E-state index contributed by atoms with van der Waals surface area (Å²) in [6.07, 6.45) is 3.71. The van der Waals surface area contributed by atoms with E-state index < -0.39 is 0 Å². The predicted molar refractivity (Wildman–Crippen MR) is 65.6 cm³/mol. The van der Waals surface area contributed by atoms with Gasteiger partial charge in [-0.1, -0.05) is 39.2 Å². The molecule has 0 spiro atoms. The number of allylic oxidation sites excluding steroid dienone is 4. The van der Waals surface area contributed by atoms with Gasteiger partial charge < -0.3 is 4.42 Å². The van der Waals surface area contributed by atoms with Crippen molar-refractivity contribution < 1.29 is 4.42 Å². The highest BCUT2D eigenvalue weighted by molar-refractivity contribution is 5.77. The van der Waals surface area contributed by atoms with Gasteiger partial charge in [0.2, 0.25) is 0 Å². The Hall–Kier alpha value is -1.50. The molecule has 0 aliphatic rings. The van der Waals surface area contributed by atoms with E-state index in [1.54, 1.807) is 6.08 Å². The summed E-state index contributed by atoms with van der Waals surface area (Å²) in [6.45, 7) is 14.0. The molecular weight excluding hydrogens is 184 g/mol. The number of hydrogen-bond acceptors (Lipinski definition) is 1. The number of furan rings is 1. The molecule has 0 saturated heterocycles. The molecule has 0 unspecified atom stereocenters.